The predicted octanol–water partition coefficient (Wildman–Crippen LogP) is 2.45. The van der Waals surface area contributed by atoms with E-state index < -0.39 is 6.09 Å². The van der Waals surface area contributed by atoms with Crippen molar-refractivity contribution in [2.24, 2.45) is 0 Å². The highest BCUT2D eigenvalue weighted by Crippen LogP contribution is 2.15. The molecule has 2 aromatic rings. The lowest BCUT2D eigenvalue weighted by molar-refractivity contribution is 0.159. The molecular weight excluding hydrogens is 240 g/mol. The van der Waals surface area contributed by atoms with Crippen LogP contribution in [0.15, 0.2) is 5.38 Å². The summed E-state index contributed by atoms with van der Waals surface area (Å²) >= 11 is 1.48. The average Bonchev–Trinajstić information content (AvgIpc) is 2.82. The fraction of sp³-hybridized carbons (Fsp3) is 0.500. The molecule has 0 fully saturated rings. The summed E-state index contributed by atoms with van der Waals surface area (Å²) in [6, 6.07) is 0. The van der Waals surface area contributed by atoms with Crippen LogP contribution in [0.4, 0.5) is 10.7 Å². The molecule has 0 aliphatic rings. The third-order valence-electron chi connectivity index (χ3n) is 2.19. The van der Waals surface area contributed by atoms with Crippen LogP contribution in [-0.4, -0.2) is 27.3 Å². The van der Waals surface area contributed by atoms with Gasteiger partial charge in [0.05, 0.1) is 12.3 Å². The van der Waals surface area contributed by atoms with Gasteiger partial charge in [-0.3, -0.25) is 5.32 Å². The maximum Gasteiger partial charge on any atom is 0.414 e. The van der Waals surface area contributed by atoms with Gasteiger partial charge in [-0.1, -0.05) is 13.3 Å². The number of hydrogen-bond acceptors (Lipinski definition) is 5. The van der Waals surface area contributed by atoms with Crippen molar-refractivity contribution < 1.29 is 9.53 Å². The Bertz CT molecular complexity index is 519. The fourth-order valence-electron chi connectivity index (χ4n) is 1.28. The molecule has 0 spiro atoms. The summed E-state index contributed by atoms with van der Waals surface area (Å²) in [4.78, 5) is 16.3. The molecule has 0 radical (unpaired) electrons. The molecule has 17 heavy (non-hydrogen) atoms. The van der Waals surface area contributed by atoms with Crippen LogP contribution in [0.25, 0.3) is 4.96 Å². The minimum Gasteiger partial charge on any atom is -0.449 e. The average molecular weight is 254 g/mol. The van der Waals surface area contributed by atoms with E-state index in [-0.39, 0.29) is 5.95 Å². The van der Waals surface area contributed by atoms with E-state index in [9.17, 15) is 4.79 Å². The lowest BCUT2D eigenvalue weighted by Crippen LogP contribution is -2.15. The summed E-state index contributed by atoms with van der Waals surface area (Å²) in [5.74, 6) is 0.279. The molecule has 0 saturated heterocycles. The number of aryl methyl sites for hydroxylation is 1. The SMILES string of the molecule is CCCCOC(=O)Nc1nc2scc(C)n2n1. The zero-order chi connectivity index (χ0) is 12.3. The van der Waals surface area contributed by atoms with E-state index in [0.29, 0.717) is 6.61 Å². The van der Waals surface area contributed by atoms with E-state index >= 15 is 0 Å². The maximum atomic E-state index is 11.4. The monoisotopic (exact) mass is 254 g/mol. The Kier molecular flexibility index (Phi) is 3.58. The molecule has 0 aliphatic heterocycles. The molecule has 0 saturated carbocycles. The Morgan fingerprint density at radius 3 is 3.18 bits per heavy atom. The van der Waals surface area contributed by atoms with Crippen molar-refractivity contribution in [1.29, 1.82) is 0 Å². The summed E-state index contributed by atoms with van der Waals surface area (Å²) in [5.41, 5.74) is 0.991. The number of fused-ring (bicyclic) bond motifs is 1. The third-order valence-corrected chi connectivity index (χ3v) is 3.13. The summed E-state index contributed by atoms with van der Waals surface area (Å²) in [6.45, 7) is 4.39. The molecule has 0 atom stereocenters. The van der Waals surface area contributed by atoms with Gasteiger partial charge in [-0.05, 0) is 13.3 Å². The lowest BCUT2D eigenvalue weighted by atomic mass is 10.4. The number of hydrogen-bond donors (Lipinski definition) is 1. The molecule has 0 aliphatic carbocycles. The van der Waals surface area contributed by atoms with Crippen LogP contribution in [0.1, 0.15) is 25.5 Å². The molecule has 0 bridgehead atoms. The number of aromatic nitrogens is 3. The number of nitrogens with one attached hydrogen (secondary N) is 1. The van der Waals surface area contributed by atoms with Crippen LogP contribution in [-0.2, 0) is 4.74 Å². The topological polar surface area (TPSA) is 68.5 Å². The van der Waals surface area contributed by atoms with E-state index in [2.05, 4.69) is 15.4 Å². The Balaban J connectivity index is 1.96. The van der Waals surface area contributed by atoms with Gasteiger partial charge in [-0.2, -0.15) is 4.98 Å². The molecule has 1 amide bonds. The van der Waals surface area contributed by atoms with Gasteiger partial charge in [0.25, 0.3) is 5.95 Å². The molecule has 1 N–H and O–H groups in total. The Morgan fingerprint density at radius 1 is 1.65 bits per heavy atom. The van der Waals surface area contributed by atoms with Gasteiger partial charge in [-0.25, -0.2) is 9.31 Å². The number of nitrogens with zero attached hydrogens (tertiary/aromatic N) is 3. The number of rotatable bonds is 4. The largest absolute Gasteiger partial charge is 0.449 e. The molecule has 0 aromatic carbocycles. The summed E-state index contributed by atoms with van der Waals surface area (Å²) in [7, 11) is 0. The highest BCUT2D eigenvalue weighted by Gasteiger charge is 2.10. The maximum absolute atomic E-state index is 11.4. The van der Waals surface area contributed by atoms with E-state index in [4.69, 9.17) is 4.74 Å². The first kappa shape index (κ1) is 11.8. The molecule has 2 aromatic heterocycles. The molecule has 6 nitrogen and oxygen atoms in total. The van der Waals surface area contributed by atoms with E-state index in [1.165, 1.54) is 11.3 Å². The number of ether oxygens (including phenoxy) is 1. The number of unbranched alkanes of at least 4 members (excludes halogenated alkanes) is 1. The minimum absolute atomic E-state index is 0.279. The minimum atomic E-state index is -0.505. The number of anilines is 1. The number of carbonyl (C=O) groups excluding carboxylic acids is 1. The van der Waals surface area contributed by atoms with Gasteiger partial charge in [0.1, 0.15) is 0 Å². The van der Waals surface area contributed by atoms with Gasteiger partial charge >= 0.3 is 6.09 Å². The van der Waals surface area contributed by atoms with Crippen LogP contribution in [0.2, 0.25) is 0 Å². The van der Waals surface area contributed by atoms with E-state index in [1.807, 2.05) is 19.2 Å². The van der Waals surface area contributed by atoms with Crippen molar-refractivity contribution >= 4 is 28.3 Å². The molecule has 92 valence electrons. The smallest absolute Gasteiger partial charge is 0.414 e. The fourth-order valence-corrected chi connectivity index (χ4v) is 2.08. The number of carbonyl (C=O) groups is 1. The lowest BCUT2D eigenvalue weighted by Gasteiger charge is -2.02. The zero-order valence-electron chi connectivity index (χ0n) is 9.77. The second-order valence-corrected chi connectivity index (χ2v) is 4.46. The number of thiazole rings is 1. The van der Waals surface area contributed by atoms with Crippen molar-refractivity contribution in [3.63, 3.8) is 0 Å². The zero-order valence-corrected chi connectivity index (χ0v) is 10.6. The molecular formula is C10H14N4O2S. The highest BCUT2D eigenvalue weighted by atomic mass is 32.1. The van der Waals surface area contributed by atoms with E-state index in [0.717, 1.165) is 23.5 Å². The van der Waals surface area contributed by atoms with Crippen LogP contribution >= 0.6 is 11.3 Å². The summed E-state index contributed by atoms with van der Waals surface area (Å²) in [6.07, 6.45) is 1.35. The van der Waals surface area contributed by atoms with Crippen molar-refractivity contribution in [2.75, 3.05) is 11.9 Å². The van der Waals surface area contributed by atoms with Crippen molar-refractivity contribution in [3.05, 3.63) is 11.1 Å². The predicted molar refractivity (Wildman–Crippen MR) is 65.5 cm³/mol. The van der Waals surface area contributed by atoms with Gasteiger partial charge in [0.2, 0.25) is 4.96 Å². The Labute approximate surface area is 103 Å². The quantitative estimate of drug-likeness (QED) is 0.851. The Morgan fingerprint density at radius 2 is 2.47 bits per heavy atom. The summed E-state index contributed by atoms with van der Waals surface area (Å²) in [5, 5.41) is 8.61. The van der Waals surface area contributed by atoms with Crippen molar-refractivity contribution in [3.8, 4) is 0 Å². The van der Waals surface area contributed by atoms with Crippen molar-refractivity contribution in [2.45, 2.75) is 26.7 Å². The van der Waals surface area contributed by atoms with Crippen LogP contribution in [0.3, 0.4) is 0 Å². The standard InChI is InChI=1S/C10H14N4O2S/c1-3-4-5-16-10(15)12-8-11-9-14(13-8)7(2)6-17-9/h6H,3-5H2,1-2H3,(H,12,13,15). The van der Waals surface area contributed by atoms with Crippen LogP contribution < -0.4 is 5.32 Å². The summed E-state index contributed by atoms with van der Waals surface area (Å²) < 4.78 is 6.64. The normalized spacial score (nSPS) is 10.7. The first-order chi connectivity index (χ1) is 8.20. The van der Waals surface area contributed by atoms with Crippen molar-refractivity contribution in [1.82, 2.24) is 14.6 Å². The van der Waals surface area contributed by atoms with Gasteiger partial charge in [-0.15, -0.1) is 16.4 Å². The third kappa shape index (κ3) is 2.73. The second kappa shape index (κ2) is 5.13. The highest BCUT2D eigenvalue weighted by molar-refractivity contribution is 7.15. The van der Waals surface area contributed by atoms with E-state index in [1.54, 1.807) is 4.52 Å². The Hall–Kier alpha value is -1.63. The first-order valence-corrected chi connectivity index (χ1v) is 6.33. The second-order valence-electron chi connectivity index (χ2n) is 3.62. The molecule has 2 heterocycles. The number of amides is 1. The molecule has 2 rings (SSSR count). The molecule has 0 unspecified atom stereocenters. The van der Waals surface area contributed by atoms with Crippen LogP contribution in [0, 0.1) is 6.92 Å². The molecule has 7 heteroatoms. The van der Waals surface area contributed by atoms with Gasteiger partial charge in [0.15, 0.2) is 0 Å². The van der Waals surface area contributed by atoms with Gasteiger partial charge < -0.3 is 4.74 Å². The van der Waals surface area contributed by atoms with Gasteiger partial charge in [0, 0.05) is 5.38 Å². The van der Waals surface area contributed by atoms with Crippen LogP contribution in [0.5, 0.6) is 0 Å². The first-order valence-electron chi connectivity index (χ1n) is 5.45.